The van der Waals surface area contributed by atoms with Crippen LogP contribution in [0, 0.1) is 0 Å². The van der Waals surface area contributed by atoms with E-state index < -0.39 is 0 Å². The Hall–Kier alpha value is -1.02. The summed E-state index contributed by atoms with van der Waals surface area (Å²) in [4.78, 5) is 18.2. The number of ether oxygens (including phenoxy) is 1. The Morgan fingerprint density at radius 3 is 2.89 bits per heavy atom. The van der Waals surface area contributed by atoms with Gasteiger partial charge in [0, 0.05) is 25.0 Å². The molecule has 2 rings (SSSR count). The Kier molecular flexibility index (Phi) is 5.26. The molecule has 3 N–H and O–H groups in total. The normalized spacial score (nSPS) is 16.8. The Balaban J connectivity index is 1.85. The molecule has 106 valence electrons. The van der Waals surface area contributed by atoms with E-state index in [2.05, 4.69) is 4.98 Å². The number of hydrogen-bond acceptors (Lipinski definition) is 6. The van der Waals surface area contributed by atoms with Gasteiger partial charge in [-0.15, -0.1) is 11.3 Å². The van der Waals surface area contributed by atoms with Gasteiger partial charge in [-0.25, -0.2) is 4.98 Å². The molecule has 0 spiro atoms. The molecule has 1 aromatic rings. The molecule has 1 amide bonds. The first-order valence-corrected chi connectivity index (χ1v) is 7.28. The number of nitrogens with two attached hydrogens (primary N) is 1. The Morgan fingerprint density at radius 1 is 1.58 bits per heavy atom. The minimum Gasteiger partial charge on any atom is -0.394 e. The topological polar surface area (TPSA) is 88.7 Å². The molecule has 0 aliphatic carbocycles. The molecule has 0 aromatic carbocycles. The van der Waals surface area contributed by atoms with Gasteiger partial charge in [0.1, 0.15) is 10.7 Å². The molecular formula is C12H19N3O3S. The van der Waals surface area contributed by atoms with Crippen molar-refractivity contribution in [2.75, 3.05) is 26.3 Å². The van der Waals surface area contributed by atoms with Gasteiger partial charge < -0.3 is 20.5 Å². The molecule has 1 aliphatic heterocycles. The summed E-state index contributed by atoms with van der Waals surface area (Å²) in [5.74, 6) is -0.0310. The molecule has 1 aromatic heterocycles. The number of carbonyl (C=O) groups excluding carboxylic acids is 1. The summed E-state index contributed by atoms with van der Waals surface area (Å²) < 4.78 is 5.47. The minimum atomic E-state index is -0.0310. The number of hydrogen-bond donors (Lipinski definition) is 2. The van der Waals surface area contributed by atoms with Crippen LogP contribution in [0.5, 0.6) is 0 Å². The molecule has 1 aliphatic rings. The van der Waals surface area contributed by atoms with E-state index in [1.807, 2.05) is 0 Å². The maximum absolute atomic E-state index is 12.2. The first-order chi connectivity index (χ1) is 9.24. The minimum absolute atomic E-state index is 0.0310. The molecule has 0 unspecified atom stereocenters. The Bertz CT molecular complexity index is 416. The second-order valence-corrected chi connectivity index (χ2v) is 5.36. The first-order valence-electron chi connectivity index (χ1n) is 6.40. The summed E-state index contributed by atoms with van der Waals surface area (Å²) in [6, 6.07) is 0. The third kappa shape index (κ3) is 3.73. The highest BCUT2D eigenvalue weighted by molar-refractivity contribution is 7.09. The van der Waals surface area contributed by atoms with E-state index in [-0.39, 0.29) is 18.6 Å². The van der Waals surface area contributed by atoms with Gasteiger partial charge in [-0.3, -0.25) is 4.79 Å². The zero-order valence-corrected chi connectivity index (χ0v) is 11.6. The van der Waals surface area contributed by atoms with E-state index in [1.165, 1.54) is 11.3 Å². The third-order valence-corrected chi connectivity index (χ3v) is 3.99. The highest BCUT2D eigenvalue weighted by atomic mass is 32.1. The van der Waals surface area contributed by atoms with E-state index >= 15 is 0 Å². The van der Waals surface area contributed by atoms with Crippen molar-refractivity contribution in [1.82, 2.24) is 9.88 Å². The lowest BCUT2D eigenvalue weighted by Gasteiger charge is -2.31. The van der Waals surface area contributed by atoms with Crippen molar-refractivity contribution in [3.63, 3.8) is 0 Å². The molecule has 2 heterocycles. The predicted octanol–water partition coefficient (Wildman–Crippen LogP) is 0.215. The molecule has 0 atom stereocenters. The monoisotopic (exact) mass is 285 g/mol. The van der Waals surface area contributed by atoms with Crippen LogP contribution in [0.15, 0.2) is 5.38 Å². The molecule has 7 heteroatoms. The van der Waals surface area contributed by atoms with Crippen LogP contribution < -0.4 is 5.73 Å². The maximum atomic E-state index is 12.2. The van der Waals surface area contributed by atoms with Gasteiger partial charge in [0.05, 0.1) is 19.3 Å². The zero-order valence-electron chi connectivity index (χ0n) is 10.7. The highest BCUT2D eigenvalue weighted by Crippen LogP contribution is 2.17. The molecule has 6 nitrogen and oxygen atoms in total. The van der Waals surface area contributed by atoms with Crippen molar-refractivity contribution in [1.29, 1.82) is 0 Å². The number of piperidine rings is 1. The van der Waals surface area contributed by atoms with Gasteiger partial charge >= 0.3 is 0 Å². The average molecular weight is 285 g/mol. The summed E-state index contributed by atoms with van der Waals surface area (Å²) in [6.45, 7) is 2.12. The number of likely N-dealkylation sites (tertiary alicyclic amines) is 1. The summed E-state index contributed by atoms with van der Waals surface area (Å²) in [6.07, 6.45) is 1.76. The van der Waals surface area contributed by atoms with Gasteiger partial charge in [0.15, 0.2) is 0 Å². The summed E-state index contributed by atoms with van der Waals surface area (Å²) in [7, 11) is 0. The summed E-state index contributed by atoms with van der Waals surface area (Å²) in [5.41, 5.74) is 5.98. The SMILES string of the molecule is NCc1nc(C(=O)N2CCC(OCCO)CC2)cs1. The van der Waals surface area contributed by atoms with Crippen LogP contribution in [0.1, 0.15) is 28.3 Å². The van der Waals surface area contributed by atoms with Crippen LogP contribution in [-0.4, -0.2) is 53.3 Å². The molecule has 0 bridgehead atoms. The largest absolute Gasteiger partial charge is 0.394 e. The van der Waals surface area contributed by atoms with Gasteiger partial charge in [0.2, 0.25) is 0 Å². The van der Waals surface area contributed by atoms with Crippen molar-refractivity contribution in [2.45, 2.75) is 25.5 Å². The molecule has 1 fully saturated rings. The summed E-state index contributed by atoms with van der Waals surface area (Å²) >= 11 is 1.42. The molecule has 0 saturated carbocycles. The lowest BCUT2D eigenvalue weighted by molar-refractivity contribution is -0.00563. The standard InChI is InChI=1S/C12H19N3O3S/c13-7-11-14-10(8-19-11)12(17)15-3-1-9(2-4-15)18-6-5-16/h8-9,16H,1-7,13H2. The van der Waals surface area contributed by atoms with Crippen molar-refractivity contribution in [3.8, 4) is 0 Å². The second-order valence-electron chi connectivity index (χ2n) is 4.42. The molecule has 0 radical (unpaired) electrons. The van der Waals surface area contributed by atoms with Crippen LogP contribution in [0.2, 0.25) is 0 Å². The number of aliphatic hydroxyl groups is 1. The number of thiazole rings is 1. The quantitative estimate of drug-likeness (QED) is 0.807. The Labute approximate surface area is 116 Å². The number of aromatic nitrogens is 1. The van der Waals surface area contributed by atoms with Crippen molar-refractivity contribution >= 4 is 17.2 Å². The predicted molar refractivity (Wildman–Crippen MR) is 72.0 cm³/mol. The van der Waals surface area contributed by atoms with Crippen molar-refractivity contribution in [2.24, 2.45) is 5.73 Å². The summed E-state index contributed by atoms with van der Waals surface area (Å²) in [5, 5.41) is 11.2. The fourth-order valence-electron chi connectivity index (χ4n) is 2.11. The van der Waals surface area contributed by atoms with Crippen LogP contribution in [0.25, 0.3) is 0 Å². The van der Waals surface area contributed by atoms with Crippen molar-refractivity contribution < 1.29 is 14.6 Å². The van der Waals surface area contributed by atoms with Gasteiger partial charge in [0.25, 0.3) is 5.91 Å². The van der Waals surface area contributed by atoms with Gasteiger partial charge in [-0.1, -0.05) is 0 Å². The van der Waals surface area contributed by atoms with E-state index in [0.29, 0.717) is 31.9 Å². The van der Waals surface area contributed by atoms with Crippen LogP contribution in [0.4, 0.5) is 0 Å². The lowest BCUT2D eigenvalue weighted by Crippen LogP contribution is -2.41. The van der Waals surface area contributed by atoms with E-state index in [0.717, 1.165) is 17.8 Å². The second kappa shape index (κ2) is 6.95. The zero-order chi connectivity index (χ0) is 13.7. The number of amides is 1. The van der Waals surface area contributed by atoms with Gasteiger partial charge in [-0.05, 0) is 12.8 Å². The number of aliphatic hydroxyl groups excluding tert-OH is 1. The Morgan fingerprint density at radius 2 is 2.32 bits per heavy atom. The maximum Gasteiger partial charge on any atom is 0.273 e. The highest BCUT2D eigenvalue weighted by Gasteiger charge is 2.25. The first kappa shape index (κ1) is 14.4. The van der Waals surface area contributed by atoms with Crippen molar-refractivity contribution in [3.05, 3.63) is 16.1 Å². The molecular weight excluding hydrogens is 266 g/mol. The van der Waals surface area contributed by atoms with Crippen LogP contribution >= 0.6 is 11.3 Å². The van der Waals surface area contributed by atoms with E-state index in [1.54, 1.807) is 10.3 Å². The number of nitrogens with zero attached hydrogens (tertiary/aromatic N) is 2. The fourth-order valence-corrected chi connectivity index (χ4v) is 2.76. The van der Waals surface area contributed by atoms with Gasteiger partial charge in [-0.2, -0.15) is 0 Å². The molecule has 19 heavy (non-hydrogen) atoms. The third-order valence-electron chi connectivity index (χ3n) is 3.12. The number of carbonyl (C=O) groups is 1. The van der Waals surface area contributed by atoms with Crippen LogP contribution in [-0.2, 0) is 11.3 Å². The van der Waals surface area contributed by atoms with E-state index in [4.69, 9.17) is 15.6 Å². The van der Waals surface area contributed by atoms with E-state index in [9.17, 15) is 4.79 Å². The molecule has 1 saturated heterocycles. The number of rotatable bonds is 5. The smallest absolute Gasteiger partial charge is 0.273 e. The fraction of sp³-hybridized carbons (Fsp3) is 0.667. The average Bonchev–Trinajstić information content (AvgIpc) is 2.94. The lowest BCUT2D eigenvalue weighted by atomic mass is 10.1. The van der Waals surface area contributed by atoms with Crippen LogP contribution in [0.3, 0.4) is 0 Å².